The zero-order valence-corrected chi connectivity index (χ0v) is 8.59. The van der Waals surface area contributed by atoms with E-state index < -0.39 is 11.0 Å². The lowest BCUT2D eigenvalue weighted by molar-refractivity contribution is -0.385. The summed E-state index contributed by atoms with van der Waals surface area (Å²) in [6.07, 6.45) is 2.89. The molecule has 1 N–H and O–H groups in total. The third-order valence-corrected chi connectivity index (χ3v) is 2.09. The second-order valence-electron chi connectivity index (χ2n) is 3.41. The monoisotopic (exact) mass is 210 g/mol. The number of nitrogens with zero attached hydrogens (tertiary/aromatic N) is 2. The lowest BCUT2D eigenvalue weighted by Crippen LogP contribution is -2.10. The van der Waals surface area contributed by atoms with Gasteiger partial charge >= 0.3 is 0 Å². The molecular weight excluding hydrogens is 196 g/mol. The van der Waals surface area contributed by atoms with Gasteiger partial charge in [-0.05, 0) is 12.5 Å². The van der Waals surface area contributed by atoms with Gasteiger partial charge in [-0.1, -0.05) is 13.3 Å². The van der Waals surface area contributed by atoms with Crippen molar-refractivity contribution in [1.29, 1.82) is 0 Å². The van der Waals surface area contributed by atoms with Crippen LogP contribution < -0.4 is 0 Å². The van der Waals surface area contributed by atoms with E-state index in [2.05, 4.69) is 4.98 Å². The summed E-state index contributed by atoms with van der Waals surface area (Å²) in [6.45, 7) is 1.99. The molecule has 1 heterocycles. The molecule has 0 radical (unpaired) electrons. The van der Waals surface area contributed by atoms with Crippen molar-refractivity contribution >= 4 is 5.69 Å². The van der Waals surface area contributed by atoms with E-state index in [4.69, 9.17) is 0 Å². The van der Waals surface area contributed by atoms with Gasteiger partial charge < -0.3 is 5.11 Å². The highest BCUT2D eigenvalue weighted by atomic mass is 16.6. The van der Waals surface area contributed by atoms with Crippen LogP contribution in [0.1, 0.15) is 25.5 Å². The predicted molar refractivity (Wildman–Crippen MR) is 55.5 cm³/mol. The molecule has 0 aliphatic heterocycles. The number of aliphatic hydroxyl groups is 1. The maximum Gasteiger partial charge on any atom is 0.287 e. The summed E-state index contributed by atoms with van der Waals surface area (Å²) in [4.78, 5) is 13.8. The minimum Gasteiger partial charge on any atom is -0.393 e. The topological polar surface area (TPSA) is 76.3 Å². The summed E-state index contributed by atoms with van der Waals surface area (Å²) in [5.74, 6) is 0. The molecule has 1 unspecified atom stereocenters. The number of hydrogen-bond acceptors (Lipinski definition) is 4. The zero-order valence-electron chi connectivity index (χ0n) is 8.59. The van der Waals surface area contributed by atoms with E-state index in [1.165, 1.54) is 12.3 Å². The second kappa shape index (κ2) is 5.41. The van der Waals surface area contributed by atoms with E-state index in [1.54, 1.807) is 6.07 Å². The van der Waals surface area contributed by atoms with E-state index in [9.17, 15) is 15.2 Å². The summed E-state index contributed by atoms with van der Waals surface area (Å²) in [5, 5.41) is 19.9. The quantitative estimate of drug-likeness (QED) is 0.592. The highest BCUT2D eigenvalue weighted by Crippen LogP contribution is 2.11. The Morgan fingerprint density at radius 2 is 2.33 bits per heavy atom. The van der Waals surface area contributed by atoms with Crippen molar-refractivity contribution in [1.82, 2.24) is 4.98 Å². The summed E-state index contributed by atoms with van der Waals surface area (Å²) < 4.78 is 0. The molecule has 1 atom stereocenters. The van der Waals surface area contributed by atoms with Gasteiger partial charge in [-0.3, -0.25) is 15.1 Å². The Balaban J connectivity index is 2.60. The molecule has 0 aromatic carbocycles. The largest absolute Gasteiger partial charge is 0.393 e. The van der Waals surface area contributed by atoms with Gasteiger partial charge in [0.15, 0.2) is 0 Å². The van der Waals surface area contributed by atoms with Gasteiger partial charge in [0.1, 0.15) is 6.20 Å². The van der Waals surface area contributed by atoms with E-state index in [1.807, 2.05) is 6.92 Å². The van der Waals surface area contributed by atoms with E-state index in [-0.39, 0.29) is 5.69 Å². The fourth-order valence-corrected chi connectivity index (χ4v) is 1.32. The zero-order chi connectivity index (χ0) is 11.3. The average Bonchev–Trinajstić information content (AvgIpc) is 2.18. The van der Waals surface area contributed by atoms with Crippen molar-refractivity contribution in [3.05, 3.63) is 34.1 Å². The molecule has 1 aromatic rings. The minimum absolute atomic E-state index is 0.0243. The number of rotatable bonds is 5. The van der Waals surface area contributed by atoms with Crippen molar-refractivity contribution in [3.8, 4) is 0 Å². The van der Waals surface area contributed by atoms with Crippen LogP contribution in [0.25, 0.3) is 0 Å². The SMILES string of the molecule is CCCC(O)Cc1ccc([N+](=O)[O-])cn1. The maximum absolute atomic E-state index is 10.4. The highest BCUT2D eigenvalue weighted by Gasteiger charge is 2.08. The second-order valence-corrected chi connectivity index (χ2v) is 3.41. The van der Waals surface area contributed by atoms with Crippen molar-refractivity contribution in [3.63, 3.8) is 0 Å². The molecule has 82 valence electrons. The smallest absolute Gasteiger partial charge is 0.287 e. The van der Waals surface area contributed by atoms with Crippen molar-refractivity contribution in [2.24, 2.45) is 0 Å². The summed E-state index contributed by atoms with van der Waals surface area (Å²) in [6, 6.07) is 2.98. The van der Waals surface area contributed by atoms with Gasteiger partial charge in [0.25, 0.3) is 5.69 Å². The van der Waals surface area contributed by atoms with Gasteiger partial charge in [0.05, 0.1) is 11.0 Å². The summed E-state index contributed by atoms with van der Waals surface area (Å²) in [5.41, 5.74) is 0.658. The minimum atomic E-state index is -0.487. The summed E-state index contributed by atoms with van der Waals surface area (Å²) >= 11 is 0. The van der Waals surface area contributed by atoms with Crippen molar-refractivity contribution < 1.29 is 10.0 Å². The number of nitro groups is 1. The number of hydrogen-bond donors (Lipinski definition) is 1. The predicted octanol–water partition coefficient (Wildman–Crippen LogP) is 1.69. The van der Waals surface area contributed by atoms with Crippen LogP contribution in [0.3, 0.4) is 0 Å². The Bertz CT molecular complexity index is 324. The molecule has 0 saturated carbocycles. The van der Waals surface area contributed by atoms with Crippen LogP contribution in [0.15, 0.2) is 18.3 Å². The first-order chi connectivity index (χ1) is 7.13. The standard InChI is InChI=1S/C10H14N2O3/c1-2-3-10(13)6-8-4-5-9(7-11-8)12(14)15/h4-5,7,10,13H,2-3,6H2,1H3. The first kappa shape index (κ1) is 11.6. The number of pyridine rings is 1. The van der Waals surface area contributed by atoms with Crippen LogP contribution in [0.5, 0.6) is 0 Å². The molecule has 0 spiro atoms. The first-order valence-electron chi connectivity index (χ1n) is 4.91. The lowest BCUT2D eigenvalue weighted by Gasteiger charge is -2.07. The van der Waals surface area contributed by atoms with E-state index in [0.29, 0.717) is 12.1 Å². The Morgan fingerprint density at radius 3 is 2.80 bits per heavy atom. The highest BCUT2D eigenvalue weighted by molar-refractivity contribution is 5.26. The van der Waals surface area contributed by atoms with Crippen molar-refractivity contribution in [2.45, 2.75) is 32.3 Å². The normalized spacial score (nSPS) is 12.4. The van der Waals surface area contributed by atoms with Gasteiger partial charge in [0, 0.05) is 18.2 Å². The molecule has 1 rings (SSSR count). The Hall–Kier alpha value is -1.49. The van der Waals surface area contributed by atoms with Gasteiger partial charge in [-0.15, -0.1) is 0 Å². The van der Waals surface area contributed by atoms with Crippen LogP contribution in [0.4, 0.5) is 5.69 Å². The van der Waals surface area contributed by atoms with Gasteiger partial charge in [-0.2, -0.15) is 0 Å². The average molecular weight is 210 g/mol. The molecule has 15 heavy (non-hydrogen) atoms. The van der Waals surface area contributed by atoms with Crippen LogP contribution in [-0.4, -0.2) is 21.1 Å². The first-order valence-corrected chi connectivity index (χ1v) is 4.91. The Labute approximate surface area is 87.9 Å². The number of aromatic nitrogens is 1. The Morgan fingerprint density at radius 1 is 1.60 bits per heavy atom. The molecular formula is C10H14N2O3. The third-order valence-electron chi connectivity index (χ3n) is 2.09. The molecule has 0 saturated heterocycles. The molecule has 0 amide bonds. The number of aliphatic hydroxyl groups excluding tert-OH is 1. The lowest BCUT2D eigenvalue weighted by atomic mass is 10.1. The van der Waals surface area contributed by atoms with Crippen molar-refractivity contribution in [2.75, 3.05) is 0 Å². The molecule has 5 heteroatoms. The molecule has 1 aromatic heterocycles. The van der Waals surface area contributed by atoms with E-state index >= 15 is 0 Å². The molecule has 5 nitrogen and oxygen atoms in total. The summed E-state index contributed by atoms with van der Waals surface area (Å²) in [7, 11) is 0. The van der Waals surface area contributed by atoms with Gasteiger partial charge in [0.2, 0.25) is 0 Å². The van der Waals surface area contributed by atoms with Crippen LogP contribution in [0.2, 0.25) is 0 Å². The molecule has 0 bridgehead atoms. The van der Waals surface area contributed by atoms with Crippen LogP contribution >= 0.6 is 0 Å². The molecule has 0 aliphatic rings. The molecule has 0 fully saturated rings. The fourth-order valence-electron chi connectivity index (χ4n) is 1.32. The fraction of sp³-hybridized carbons (Fsp3) is 0.500. The Kier molecular flexibility index (Phi) is 4.17. The molecule has 0 aliphatic carbocycles. The van der Waals surface area contributed by atoms with Gasteiger partial charge in [-0.25, -0.2) is 0 Å². The maximum atomic E-state index is 10.4. The third kappa shape index (κ3) is 3.63. The van der Waals surface area contributed by atoms with E-state index in [0.717, 1.165) is 12.8 Å². The van der Waals surface area contributed by atoms with Crippen LogP contribution in [0, 0.1) is 10.1 Å². The van der Waals surface area contributed by atoms with Crippen LogP contribution in [-0.2, 0) is 6.42 Å².